The van der Waals surface area contributed by atoms with Crippen molar-refractivity contribution in [2.24, 2.45) is 0 Å². The maximum absolute atomic E-state index is 2.72. The van der Waals surface area contributed by atoms with Crippen LogP contribution in [0.3, 0.4) is 0 Å². The Kier molecular flexibility index (Phi) is 14.2. The van der Waals surface area contributed by atoms with Crippen molar-refractivity contribution in [2.75, 3.05) is 23.9 Å². The van der Waals surface area contributed by atoms with E-state index in [-0.39, 0.29) is 24.4 Å². The zero-order chi connectivity index (χ0) is 62.1. The van der Waals surface area contributed by atoms with Crippen molar-refractivity contribution in [1.82, 2.24) is 14.4 Å². The van der Waals surface area contributed by atoms with E-state index in [0.29, 0.717) is 0 Å². The Morgan fingerprint density at radius 1 is 0.330 bits per heavy atom. The summed E-state index contributed by atoms with van der Waals surface area (Å²) in [5, 5.41) is 8.21. The van der Waals surface area contributed by atoms with Crippen LogP contribution in [0.25, 0.3) is 90.1 Å². The summed E-state index contributed by atoms with van der Waals surface area (Å²) in [5.41, 5.74) is 26.7. The Bertz CT molecular complexity index is 4740. The summed E-state index contributed by atoms with van der Waals surface area (Å²) in [6, 6.07) is 81.8. The highest BCUT2D eigenvalue weighted by Gasteiger charge is 2.41. The smallest absolute Gasteiger partial charge is 0.0873 e. The topological polar surface area (TPSA) is 17.9 Å². The average Bonchev–Trinajstić information content (AvgIpc) is 1.53. The molecular weight excluding hydrogens is 1140 g/mol. The Hall–Kier alpha value is -8.82. The van der Waals surface area contributed by atoms with E-state index in [1.54, 1.807) is 0 Å². The molecule has 0 aliphatic carbocycles. The fraction of sp³-hybridized carbons (Fsp3) is 0.214. The van der Waals surface area contributed by atoms with Crippen LogP contribution in [0.4, 0.5) is 22.7 Å². The zero-order valence-electron chi connectivity index (χ0n) is 53.9. The van der Waals surface area contributed by atoms with E-state index in [9.17, 15) is 0 Å². The van der Waals surface area contributed by atoms with Gasteiger partial charge in [0.2, 0.25) is 0 Å². The van der Waals surface area contributed by atoms with Gasteiger partial charge in [0.05, 0.1) is 23.4 Å². The fourth-order valence-corrected chi connectivity index (χ4v) is 19.0. The van der Waals surface area contributed by atoms with Crippen molar-refractivity contribution in [3.63, 3.8) is 0 Å². The molecule has 2 aliphatic rings. The first-order valence-corrected chi connectivity index (χ1v) is 34.2. The van der Waals surface area contributed by atoms with Crippen molar-refractivity contribution in [3.05, 3.63) is 268 Å². The molecule has 16 rings (SSSR count). The van der Waals surface area contributed by atoms with E-state index in [0.717, 1.165) is 25.7 Å². The van der Waals surface area contributed by atoms with E-state index in [2.05, 4.69) is 306 Å². The van der Waals surface area contributed by atoms with Crippen LogP contribution in [-0.4, -0.2) is 40.8 Å². The highest BCUT2D eigenvalue weighted by Crippen LogP contribution is 2.55. The largest absolute Gasteiger partial charge is 0.325 e. The number of benzene rings is 11. The van der Waals surface area contributed by atoms with E-state index >= 15 is 0 Å². The van der Waals surface area contributed by atoms with Crippen LogP contribution in [0.1, 0.15) is 93.4 Å². The minimum absolute atomic E-state index is 0.122. The van der Waals surface area contributed by atoms with Crippen molar-refractivity contribution >= 4 is 108 Å². The second kappa shape index (κ2) is 22.5. The number of hydrogen-bond acceptors (Lipinski definition) is 6. The highest BCUT2D eigenvalue weighted by molar-refractivity contribution is 7.28. The van der Waals surface area contributed by atoms with Gasteiger partial charge < -0.3 is 14.4 Å². The number of aromatic nitrogens is 1. The third-order valence-corrected chi connectivity index (χ3v) is 22.5. The molecule has 5 nitrogen and oxygen atoms in total. The molecule has 4 atom stereocenters. The van der Waals surface area contributed by atoms with Gasteiger partial charge in [0, 0.05) is 91.6 Å². The molecule has 11 aromatic carbocycles. The lowest BCUT2D eigenvalue weighted by Crippen LogP contribution is -2.41. The third kappa shape index (κ3) is 9.86. The summed E-state index contributed by atoms with van der Waals surface area (Å²) >= 11 is 3.98. The lowest BCUT2D eigenvalue weighted by Gasteiger charge is -2.38. The number of likely N-dealkylation sites (tertiary alicyclic amines) is 2. The first-order valence-electron chi connectivity index (χ1n) is 32.6. The van der Waals surface area contributed by atoms with Gasteiger partial charge in [-0.05, 0) is 258 Å². The molecule has 0 bridgehead atoms. The predicted octanol–water partition coefficient (Wildman–Crippen LogP) is 23.2. The SMILES string of the molecule is Cc1cc(C)cc(N(c2cc(C)cc(C)c2)C2CCC(c3cc4c(c5sc6ccccc6c35)c3c5sc6ccccc6c5c(C5CCC(N(c6cc(C)cc(C)c6)c6cc(C)cc(C)c6)N5C)cc3n4-c3ccc(-c4ccc(-c5ccccc5)cc4)cc3)N2C)c1. The van der Waals surface area contributed by atoms with Crippen molar-refractivity contribution in [3.8, 4) is 27.9 Å². The van der Waals surface area contributed by atoms with Crippen LogP contribution < -0.4 is 9.80 Å². The summed E-state index contributed by atoms with van der Waals surface area (Å²) in [5.74, 6) is 0. The van der Waals surface area contributed by atoms with E-state index in [1.807, 2.05) is 22.7 Å². The first-order chi connectivity index (χ1) is 44.2. The summed E-state index contributed by atoms with van der Waals surface area (Å²) in [6.07, 6.45) is 4.33. The van der Waals surface area contributed by atoms with Gasteiger partial charge in [-0.15, -0.1) is 22.7 Å². The molecule has 4 unspecified atom stereocenters. The molecule has 5 heterocycles. The van der Waals surface area contributed by atoms with Crippen LogP contribution in [0.2, 0.25) is 0 Å². The number of anilines is 4. The molecule has 2 fully saturated rings. The molecular formula is C84H77N5S2. The lowest BCUT2D eigenvalue weighted by molar-refractivity contribution is 0.247. The van der Waals surface area contributed by atoms with Crippen molar-refractivity contribution < 1.29 is 0 Å². The summed E-state index contributed by atoms with van der Waals surface area (Å²) < 4.78 is 8.11. The fourth-order valence-electron chi connectivity index (χ4n) is 16.5. The molecule has 7 heteroatoms. The minimum atomic E-state index is 0.122. The van der Waals surface area contributed by atoms with Crippen LogP contribution in [0.5, 0.6) is 0 Å². The molecule has 0 N–H and O–H groups in total. The number of thiophene rings is 2. The molecule has 450 valence electrons. The maximum atomic E-state index is 2.72. The van der Waals surface area contributed by atoms with Gasteiger partial charge in [-0.1, -0.05) is 127 Å². The van der Waals surface area contributed by atoms with Crippen LogP contribution in [0.15, 0.2) is 212 Å². The Morgan fingerprint density at radius 3 is 1.01 bits per heavy atom. The maximum Gasteiger partial charge on any atom is 0.0873 e. The van der Waals surface area contributed by atoms with Crippen LogP contribution in [0, 0.1) is 55.4 Å². The Morgan fingerprint density at radius 2 is 0.648 bits per heavy atom. The standard InChI is InChI=1S/C84H77N5S2/c1-50-36-51(2)41-63(40-50)87(64-42-52(3)37-53(4)43-64)77-34-32-71(85(77)9)69-48-73-81(83-79(69)67-20-14-16-22-75(67)90-83)82-74(89(73)62-30-28-61(29-31-62)60-26-24-59(25-27-60)58-18-12-11-13-19-58)49-70(80-68-21-15-17-23-76(68)91-84(80)82)72-33-35-78(86(72)10)88(65-44-54(5)38-55(6)45-65)66-46-56(7)39-57(8)47-66/h11-31,36-49,71-72,77-78H,32-35H2,1-10H3. The lowest BCUT2D eigenvalue weighted by atomic mass is 9.94. The van der Waals surface area contributed by atoms with E-state index < -0.39 is 0 Å². The Balaban J connectivity index is 0.932. The number of hydrogen-bond donors (Lipinski definition) is 0. The Labute approximate surface area is 543 Å². The normalized spacial score (nSPS) is 17.3. The number of fused-ring (bicyclic) bond motifs is 11. The molecule has 0 amide bonds. The second-order valence-corrected chi connectivity index (χ2v) is 28.9. The van der Waals surface area contributed by atoms with Crippen molar-refractivity contribution in [1.29, 1.82) is 0 Å². The average molecular weight is 1220 g/mol. The number of nitrogens with zero attached hydrogens (tertiary/aromatic N) is 5. The zero-order valence-corrected chi connectivity index (χ0v) is 55.5. The van der Waals surface area contributed by atoms with Gasteiger partial charge in [0.1, 0.15) is 0 Å². The minimum Gasteiger partial charge on any atom is -0.325 e. The molecule has 91 heavy (non-hydrogen) atoms. The van der Waals surface area contributed by atoms with Crippen molar-refractivity contribution in [2.45, 2.75) is 105 Å². The molecule has 3 aromatic heterocycles. The molecule has 2 aliphatic heterocycles. The van der Waals surface area contributed by atoms with Crippen LogP contribution in [-0.2, 0) is 0 Å². The van der Waals surface area contributed by atoms with Gasteiger partial charge in [0.15, 0.2) is 0 Å². The van der Waals surface area contributed by atoms with E-state index in [4.69, 9.17) is 0 Å². The summed E-state index contributed by atoms with van der Waals surface area (Å²) in [4.78, 5) is 10.8. The number of aryl methyl sites for hydroxylation is 8. The monoisotopic (exact) mass is 1220 g/mol. The van der Waals surface area contributed by atoms with Gasteiger partial charge in [0.25, 0.3) is 0 Å². The van der Waals surface area contributed by atoms with Gasteiger partial charge in [-0.2, -0.15) is 0 Å². The summed E-state index contributed by atoms with van der Waals surface area (Å²) in [7, 11) is 4.82. The molecule has 0 radical (unpaired) electrons. The van der Waals surface area contributed by atoms with E-state index in [1.165, 1.54) is 168 Å². The summed E-state index contributed by atoms with van der Waals surface area (Å²) in [6.45, 7) is 17.9. The first kappa shape index (κ1) is 57.3. The molecule has 2 saturated heterocycles. The van der Waals surface area contributed by atoms with Gasteiger partial charge >= 0.3 is 0 Å². The highest BCUT2D eigenvalue weighted by atomic mass is 32.1. The predicted molar refractivity (Wildman–Crippen MR) is 392 cm³/mol. The van der Waals surface area contributed by atoms with Crippen LogP contribution >= 0.6 is 22.7 Å². The number of rotatable bonds is 11. The van der Waals surface area contributed by atoms with Gasteiger partial charge in [-0.3, -0.25) is 9.80 Å². The molecule has 0 saturated carbocycles. The molecule has 0 spiro atoms. The molecule has 14 aromatic rings. The quantitative estimate of drug-likeness (QED) is 0.128. The third-order valence-electron chi connectivity index (χ3n) is 20.1. The second-order valence-electron chi connectivity index (χ2n) is 26.8. The van der Waals surface area contributed by atoms with Gasteiger partial charge in [-0.25, -0.2) is 0 Å².